The normalized spacial score (nSPS) is 21.4. The van der Waals surface area contributed by atoms with E-state index in [1.165, 1.54) is 5.57 Å². The zero-order valence-corrected chi connectivity index (χ0v) is 27.3. The van der Waals surface area contributed by atoms with Crippen LogP contribution in [0.2, 0.25) is 0 Å². The molecule has 3 rings (SSSR count). The molecule has 0 aromatic heterocycles. The minimum atomic E-state index is -4.77. The number of rotatable bonds is 17. The molecule has 236 valence electrons. The van der Waals surface area contributed by atoms with E-state index in [0.717, 1.165) is 75.3 Å². The number of aryl methyl sites for hydroxylation is 1. The number of phosphoric ester groups is 1. The standard InChI is InChI=1S/C34H53O7P/c1-7-10-11-15-27-21-30(35)32(29-20-25(6)16-17-28(29)24(4)5)31(22-27)40-33(36)34(18-12-19-34)41-42(37,38)39-23-26(13-8-2)14-9-3/h20-22,26,28-29,35H,4,7-19,23H2,1-3,5-6H3,(H,37,38)/p-1/t28-,29+/m0/s1. The lowest BCUT2D eigenvalue weighted by atomic mass is 9.73. The lowest BCUT2D eigenvalue weighted by molar-refractivity contribution is -0.244. The number of phenols is 1. The minimum Gasteiger partial charge on any atom is -0.756 e. The van der Waals surface area contributed by atoms with Gasteiger partial charge in [-0.15, -0.1) is 0 Å². The van der Waals surface area contributed by atoms with E-state index >= 15 is 0 Å². The topological polar surface area (TPSA) is 105 Å². The molecule has 0 aliphatic heterocycles. The van der Waals surface area contributed by atoms with Crippen LogP contribution in [0.4, 0.5) is 0 Å². The van der Waals surface area contributed by atoms with Crippen LogP contribution in [-0.2, 0) is 24.8 Å². The molecule has 1 unspecified atom stereocenters. The van der Waals surface area contributed by atoms with Gasteiger partial charge in [0.15, 0.2) is 5.60 Å². The molecular weight excluding hydrogens is 551 g/mol. The Balaban J connectivity index is 1.91. The number of allylic oxidation sites excluding steroid dienone is 3. The number of hydrogen-bond donors (Lipinski definition) is 1. The summed E-state index contributed by atoms with van der Waals surface area (Å²) < 4.78 is 29.8. The molecule has 3 atom stereocenters. The molecular formula is C34H52O7P-. The second-order valence-electron chi connectivity index (χ2n) is 12.5. The van der Waals surface area contributed by atoms with E-state index in [1.54, 1.807) is 6.07 Å². The lowest BCUT2D eigenvalue weighted by Crippen LogP contribution is -2.50. The molecule has 0 spiro atoms. The summed E-state index contributed by atoms with van der Waals surface area (Å²) in [6.07, 6.45) is 12.4. The Kier molecular flexibility index (Phi) is 12.9. The number of unbranched alkanes of at least 4 members (excludes halogenated alkanes) is 2. The van der Waals surface area contributed by atoms with Gasteiger partial charge < -0.3 is 19.3 Å². The molecule has 0 saturated heterocycles. The monoisotopic (exact) mass is 603 g/mol. The Bertz CT molecular complexity index is 1150. The molecule has 0 heterocycles. The number of phenolic OH excluding ortho intramolecular Hbond substituents is 1. The fraction of sp³-hybridized carbons (Fsp3) is 0.676. The van der Waals surface area contributed by atoms with Gasteiger partial charge in [0.05, 0.1) is 6.61 Å². The third-order valence-corrected chi connectivity index (χ3v) is 9.89. The van der Waals surface area contributed by atoms with Gasteiger partial charge in [-0.3, -0.25) is 9.09 Å². The maximum Gasteiger partial charge on any atom is 0.344 e. The Hall–Kier alpha value is -1.92. The van der Waals surface area contributed by atoms with Crippen LogP contribution in [0.5, 0.6) is 11.5 Å². The van der Waals surface area contributed by atoms with E-state index in [4.69, 9.17) is 13.8 Å². The highest BCUT2D eigenvalue weighted by molar-refractivity contribution is 7.46. The first-order valence-electron chi connectivity index (χ1n) is 16.0. The highest BCUT2D eigenvalue weighted by atomic mass is 31.2. The summed E-state index contributed by atoms with van der Waals surface area (Å²) in [6.45, 7) is 14.6. The largest absolute Gasteiger partial charge is 0.756 e. The number of hydrogen-bond acceptors (Lipinski definition) is 7. The van der Waals surface area contributed by atoms with Crippen molar-refractivity contribution in [1.82, 2.24) is 0 Å². The fourth-order valence-corrected chi connectivity index (χ4v) is 7.44. The van der Waals surface area contributed by atoms with Gasteiger partial charge in [0.1, 0.15) is 11.5 Å². The Labute approximate surface area is 253 Å². The molecule has 8 heteroatoms. The van der Waals surface area contributed by atoms with Crippen LogP contribution < -0.4 is 9.63 Å². The summed E-state index contributed by atoms with van der Waals surface area (Å²) in [5.74, 6) is -0.452. The number of carbonyl (C=O) groups is 1. The van der Waals surface area contributed by atoms with Crippen molar-refractivity contribution < 1.29 is 33.1 Å². The van der Waals surface area contributed by atoms with Crippen LogP contribution >= 0.6 is 7.82 Å². The summed E-state index contributed by atoms with van der Waals surface area (Å²) in [4.78, 5) is 26.7. The first kappa shape index (κ1) is 34.6. The van der Waals surface area contributed by atoms with E-state index < -0.39 is 19.4 Å². The van der Waals surface area contributed by atoms with Gasteiger partial charge in [0.25, 0.3) is 7.82 Å². The van der Waals surface area contributed by atoms with E-state index in [-0.39, 0.29) is 48.7 Å². The summed E-state index contributed by atoms with van der Waals surface area (Å²) in [5.41, 5.74) is 1.98. The maximum atomic E-state index is 13.8. The first-order valence-corrected chi connectivity index (χ1v) is 17.5. The number of esters is 1. The predicted molar refractivity (Wildman–Crippen MR) is 166 cm³/mol. The third-order valence-electron chi connectivity index (χ3n) is 8.85. The van der Waals surface area contributed by atoms with Crippen molar-refractivity contribution in [2.24, 2.45) is 11.8 Å². The highest BCUT2D eigenvalue weighted by Gasteiger charge is 2.50. The van der Waals surface area contributed by atoms with Crippen LogP contribution in [0.3, 0.4) is 0 Å². The van der Waals surface area contributed by atoms with Crippen LogP contribution in [0.1, 0.15) is 129 Å². The first-order chi connectivity index (χ1) is 19.9. The van der Waals surface area contributed by atoms with Gasteiger partial charge >= 0.3 is 5.97 Å². The van der Waals surface area contributed by atoms with Gasteiger partial charge in [0, 0.05) is 11.5 Å². The van der Waals surface area contributed by atoms with Crippen LogP contribution in [-0.4, -0.2) is 23.3 Å². The molecule has 1 aromatic carbocycles. The van der Waals surface area contributed by atoms with Crippen molar-refractivity contribution in [3.63, 3.8) is 0 Å². The molecule has 7 nitrogen and oxygen atoms in total. The summed E-state index contributed by atoms with van der Waals surface area (Å²) in [6, 6.07) is 3.60. The van der Waals surface area contributed by atoms with Gasteiger partial charge in [-0.2, -0.15) is 0 Å². The molecule has 0 amide bonds. The summed E-state index contributed by atoms with van der Waals surface area (Å²) >= 11 is 0. The maximum absolute atomic E-state index is 13.8. The third kappa shape index (κ3) is 9.05. The SMILES string of the molecule is C=C(C)[C@@H]1CCC(C)=C[C@H]1c1c(O)cc(CCCCC)cc1OC(=O)C1(OP(=O)([O-])OCC(CCC)CCC)CCC1. The zero-order valence-electron chi connectivity index (χ0n) is 26.4. The molecule has 1 N–H and O–H groups in total. The number of benzene rings is 1. The number of carbonyl (C=O) groups excluding carboxylic acids is 1. The molecule has 0 bridgehead atoms. The second-order valence-corrected chi connectivity index (χ2v) is 13.9. The summed E-state index contributed by atoms with van der Waals surface area (Å²) in [7, 11) is -4.77. The van der Waals surface area contributed by atoms with Crippen molar-refractivity contribution in [2.75, 3.05) is 6.61 Å². The molecule has 0 radical (unpaired) electrons. The number of ether oxygens (including phenoxy) is 1. The summed E-state index contributed by atoms with van der Waals surface area (Å²) in [5, 5.41) is 11.4. The molecule has 2 aliphatic rings. The van der Waals surface area contributed by atoms with Gasteiger partial charge in [0.2, 0.25) is 0 Å². The Morgan fingerprint density at radius 1 is 1.17 bits per heavy atom. The van der Waals surface area contributed by atoms with Crippen molar-refractivity contribution in [3.05, 3.63) is 47.1 Å². The average Bonchev–Trinajstić information content (AvgIpc) is 2.89. The van der Waals surface area contributed by atoms with E-state index in [0.29, 0.717) is 12.0 Å². The molecule has 2 aliphatic carbocycles. The second kappa shape index (κ2) is 15.7. The Morgan fingerprint density at radius 2 is 1.86 bits per heavy atom. The molecule has 1 fully saturated rings. The Morgan fingerprint density at radius 3 is 2.43 bits per heavy atom. The zero-order chi connectivity index (χ0) is 30.9. The minimum absolute atomic E-state index is 0.0427. The molecule has 1 aromatic rings. The average molecular weight is 604 g/mol. The molecule has 42 heavy (non-hydrogen) atoms. The van der Waals surface area contributed by atoms with Crippen molar-refractivity contribution in [3.8, 4) is 11.5 Å². The van der Waals surface area contributed by atoms with Gasteiger partial charge in [-0.25, -0.2) is 4.79 Å². The quantitative estimate of drug-likeness (QED) is 0.0624. The molecule has 1 saturated carbocycles. The smallest absolute Gasteiger partial charge is 0.344 e. The lowest BCUT2D eigenvalue weighted by Gasteiger charge is -2.42. The number of phosphoric acid groups is 1. The van der Waals surface area contributed by atoms with E-state index in [1.807, 2.05) is 13.0 Å². The van der Waals surface area contributed by atoms with Crippen LogP contribution in [0.15, 0.2) is 35.9 Å². The van der Waals surface area contributed by atoms with E-state index in [9.17, 15) is 19.4 Å². The van der Waals surface area contributed by atoms with Gasteiger partial charge in [-0.05, 0) is 101 Å². The van der Waals surface area contributed by atoms with Gasteiger partial charge in [-0.1, -0.05) is 70.3 Å². The van der Waals surface area contributed by atoms with E-state index in [2.05, 4.69) is 40.3 Å². The fourth-order valence-electron chi connectivity index (χ4n) is 6.30. The van der Waals surface area contributed by atoms with Crippen molar-refractivity contribution >= 4 is 13.8 Å². The number of aromatic hydroxyl groups is 1. The van der Waals surface area contributed by atoms with Crippen molar-refractivity contribution in [2.45, 2.75) is 130 Å². The van der Waals surface area contributed by atoms with Crippen LogP contribution in [0, 0.1) is 11.8 Å². The highest BCUT2D eigenvalue weighted by Crippen LogP contribution is 2.52. The van der Waals surface area contributed by atoms with Crippen molar-refractivity contribution in [1.29, 1.82) is 0 Å². The predicted octanol–water partition coefficient (Wildman–Crippen LogP) is 8.69. The van der Waals surface area contributed by atoms with Crippen LogP contribution in [0.25, 0.3) is 0 Å².